The smallest absolute Gasteiger partial charge is 0.306 e. The van der Waals surface area contributed by atoms with Crippen LogP contribution in [0.25, 0.3) is 0 Å². The molecule has 2 nitrogen and oxygen atoms in total. The van der Waals surface area contributed by atoms with Crippen LogP contribution in [0, 0.1) is 40.4 Å². The molecule has 21 heavy (non-hydrogen) atoms. The van der Waals surface area contributed by atoms with Crippen LogP contribution in [0.3, 0.4) is 0 Å². The summed E-state index contributed by atoms with van der Waals surface area (Å²) in [4.78, 5) is 11.7. The van der Waals surface area contributed by atoms with E-state index in [0.717, 1.165) is 17.8 Å². The Morgan fingerprint density at radius 1 is 1.10 bits per heavy atom. The molecule has 4 fully saturated rings. The van der Waals surface area contributed by atoms with Crippen LogP contribution in [-0.4, -0.2) is 12.6 Å². The zero-order chi connectivity index (χ0) is 14.8. The van der Waals surface area contributed by atoms with Crippen molar-refractivity contribution in [1.82, 2.24) is 0 Å². The van der Waals surface area contributed by atoms with Gasteiger partial charge in [-0.15, -0.1) is 0 Å². The molecule has 6 atom stereocenters. The van der Waals surface area contributed by atoms with Gasteiger partial charge in [0.1, 0.15) is 0 Å². The first-order valence-electron chi connectivity index (χ1n) is 8.94. The van der Waals surface area contributed by atoms with E-state index in [9.17, 15) is 4.79 Å². The predicted molar refractivity (Wildman–Crippen MR) is 82.4 cm³/mol. The first-order chi connectivity index (χ1) is 9.95. The number of cyclic esters (lactones) is 1. The monoisotopic (exact) mass is 289 g/mol. The van der Waals surface area contributed by atoms with Crippen molar-refractivity contribution in [3.63, 3.8) is 0 Å². The van der Waals surface area contributed by atoms with Crippen LogP contribution in [0.5, 0.6) is 0 Å². The molecule has 4 aliphatic rings. The Hall–Kier alpha value is -0.530. The molecule has 0 bridgehead atoms. The number of esters is 1. The number of ether oxygens (including phenoxy) is 1. The average Bonchev–Trinajstić information content (AvgIpc) is 2.76. The van der Waals surface area contributed by atoms with Crippen LogP contribution >= 0.6 is 0 Å². The highest BCUT2D eigenvalue weighted by molar-refractivity contribution is 5.70. The highest BCUT2D eigenvalue weighted by Gasteiger charge is 2.60. The van der Waals surface area contributed by atoms with E-state index in [1.807, 2.05) is 0 Å². The minimum atomic E-state index is 0.0432. The molecule has 1 heterocycles. The molecule has 0 aromatic heterocycles. The first kappa shape index (κ1) is 14.1. The second kappa shape index (κ2) is 4.49. The topological polar surface area (TPSA) is 26.3 Å². The summed E-state index contributed by atoms with van der Waals surface area (Å²) in [7, 11) is 0. The van der Waals surface area contributed by atoms with Crippen LogP contribution < -0.4 is 0 Å². The van der Waals surface area contributed by atoms with Crippen molar-refractivity contribution in [3.8, 4) is 0 Å². The summed E-state index contributed by atoms with van der Waals surface area (Å²) in [5, 5.41) is 0. The van der Waals surface area contributed by atoms with E-state index in [1.165, 1.54) is 38.5 Å². The van der Waals surface area contributed by atoms with Gasteiger partial charge in [-0.1, -0.05) is 20.8 Å². The van der Waals surface area contributed by atoms with Crippen molar-refractivity contribution in [2.45, 2.75) is 65.7 Å². The van der Waals surface area contributed by atoms with Crippen molar-refractivity contribution < 1.29 is 9.53 Å². The van der Waals surface area contributed by atoms with Crippen LogP contribution in [-0.2, 0) is 9.53 Å². The van der Waals surface area contributed by atoms with Crippen molar-refractivity contribution >= 4 is 5.97 Å². The van der Waals surface area contributed by atoms with Crippen molar-refractivity contribution in [3.05, 3.63) is 5.92 Å². The molecule has 1 aliphatic heterocycles. The summed E-state index contributed by atoms with van der Waals surface area (Å²) in [6.07, 6.45) is 8.74. The standard InChI is InChI=1S/C19H29O2/c1-12-4-7-15-14-6-5-13-10-17(20)21-11-19(13,3)16(14)8-9-18(12,15)2/h13-16H,4-11H2,1-3H3/t13?,14-,15-,16-,18+,19-/m0/s1. The zero-order valence-electron chi connectivity index (χ0n) is 13.8. The van der Waals surface area contributed by atoms with Gasteiger partial charge in [0.05, 0.1) is 6.61 Å². The van der Waals surface area contributed by atoms with Gasteiger partial charge in [0, 0.05) is 11.8 Å². The lowest BCUT2D eigenvalue weighted by molar-refractivity contribution is -0.179. The molecule has 0 spiro atoms. The maximum Gasteiger partial charge on any atom is 0.306 e. The molecular formula is C19H29O2. The highest BCUT2D eigenvalue weighted by Crippen LogP contribution is 2.66. The molecule has 1 saturated heterocycles. The van der Waals surface area contributed by atoms with E-state index in [0.29, 0.717) is 24.4 Å². The normalized spacial score (nSPS) is 53.6. The Balaban J connectivity index is 1.64. The number of rotatable bonds is 0. The Kier molecular flexibility index (Phi) is 3.01. The summed E-state index contributed by atoms with van der Waals surface area (Å²) in [6.45, 7) is 8.04. The van der Waals surface area contributed by atoms with Crippen molar-refractivity contribution in [2.75, 3.05) is 6.61 Å². The number of carbonyl (C=O) groups is 1. The van der Waals surface area contributed by atoms with Gasteiger partial charge in [-0.2, -0.15) is 0 Å². The van der Waals surface area contributed by atoms with Gasteiger partial charge >= 0.3 is 5.97 Å². The molecule has 2 heteroatoms. The van der Waals surface area contributed by atoms with Crippen molar-refractivity contribution in [2.24, 2.45) is 34.5 Å². The second-order valence-corrected chi connectivity index (χ2v) is 8.80. The summed E-state index contributed by atoms with van der Waals surface area (Å²) >= 11 is 0. The predicted octanol–water partition coefficient (Wildman–Crippen LogP) is 4.39. The highest BCUT2D eigenvalue weighted by atomic mass is 16.5. The van der Waals surface area contributed by atoms with Gasteiger partial charge in [-0.3, -0.25) is 4.79 Å². The number of carbonyl (C=O) groups excluding carboxylic acids is 1. The van der Waals surface area contributed by atoms with E-state index in [1.54, 1.807) is 5.92 Å². The molecule has 4 rings (SSSR count). The minimum Gasteiger partial charge on any atom is -0.465 e. The fourth-order valence-corrected chi connectivity index (χ4v) is 6.63. The summed E-state index contributed by atoms with van der Waals surface area (Å²) < 4.78 is 5.51. The van der Waals surface area contributed by atoms with Crippen LogP contribution in [0.2, 0.25) is 0 Å². The quantitative estimate of drug-likeness (QED) is 0.618. The molecule has 117 valence electrons. The number of hydrogen-bond donors (Lipinski definition) is 0. The Labute approximate surface area is 129 Å². The molecule has 0 N–H and O–H groups in total. The van der Waals surface area contributed by atoms with Gasteiger partial charge in [0.2, 0.25) is 0 Å². The van der Waals surface area contributed by atoms with E-state index >= 15 is 0 Å². The Morgan fingerprint density at radius 3 is 2.71 bits per heavy atom. The number of fused-ring (bicyclic) bond motifs is 5. The SMILES string of the molecule is C[C]1CC[C@H]2[C@@H]3CCC4CC(=O)OC[C@]4(C)[C@H]3CC[C@]12C. The summed E-state index contributed by atoms with van der Waals surface area (Å²) in [5.74, 6) is 4.94. The molecule has 0 aromatic carbocycles. The van der Waals surface area contributed by atoms with Crippen LogP contribution in [0.1, 0.15) is 65.7 Å². The van der Waals surface area contributed by atoms with Gasteiger partial charge in [0.15, 0.2) is 0 Å². The van der Waals surface area contributed by atoms with E-state index in [2.05, 4.69) is 20.8 Å². The fraction of sp³-hybridized carbons (Fsp3) is 0.895. The second-order valence-electron chi connectivity index (χ2n) is 8.80. The van der Waals surface area contributed by atoms with Crippen LogP contribution in [0.15, 0.2) is 0 Å². The lowest BCUT2D eigenvalue weighted by Gasteiger charge is -2.59. The minimum absolute atomic E-state index is 0.0432. The number of hydrogen-bond acceptors (Lipinski definition) is 2. The third kappa shape index (κ3) is 1.80. The summed E-state index contributed by atoms with van der Waals surface area (Å²) in [5.41, 5.74) is 0.768. The first-order valence-corrected chi connectivity index (χ1v) is 8.94. The largest absolute Gasteiger partial charge is 0.465 e. The Morgan fingerprint density at radius 2 is 1.90 bits per heavy atom. The Bertz CT molecular complexity index is 458. The lowest BCUT2D eigenvalue weighted by Crippen LogP contribution is -2.55. The lowest BCUT2D eigenvalue weighted by atomic mass is 9.46. The molecule has 3 saturated carbocycles. The summed E-state index contributed by atoms with van der Waals surface area (Å²) in [6, 6.07) is 0. The fourth-order valence-electron chi connectivity index (χ4n) is 6.63. The third-order valence-corrected chi connectivity index (χ3v) is 8.22. The molecular weight excluding hydrogens is 260 g/mol. The average molecular weight is 289 g/mol. The van der Waals surface area contributed by atoms with Gasteiger partial charge in [-0.05, 0) is 73.5 Å². The van der Waals surface area contributed by atoms with E-state index in [-0.39, 0.29) is 11.4 Å². The van der Waals surface area contributed by atoms with Gasteiger partial charge in [0.25, 0.3) is 0 Å². The maximum absolute atomic E-state index is 11.7. The molecule has 1 unspecified atom stereocenters. The third-order valence-electron chi connectivity index (χ3n) is 8.22. The molecule has 0 aromatic rings. The van der Waals surface area contributed by atoms with Crippen molar-refractivity contribution in [1.29, 1.82) is 0 Å². The van der Waals surface area contributed by atoms with Gasteiger partial charge < -0.3 is 4.74 Å². The van der Waals surface area contributed by atoms with E-state index < -0.39 is 0 Å². The zero-order valence-corrected chi connectivity index (χ0v) is 13.8. The molecule has 0 amide bonds. The van der Waals surface area contributed by atoms with Crippen LogP contribution in [0.4, 0.5) is 0 Å². The molecule has 3 aliphatic carbocycles. The van der Waals surface area contributed by atoms with Gasteiger partial charge in [-0.25, -0.2) is 0 Å². The molecule has 1 radical (unpaired) electrons. The van der Waals surface area contributed by atoms with E-state index in [4.69, 9.17) is 4.74 Å². The maximum atomic E-state index is 11.7.